The molecule has 2 aliphatic heterocycles. The Morgan fingerprint density at radius 1 is 1.13 bits per heavy atom. The summed E-state index contributed by atoms with van der Waals surface area (Å²) in [7, 11) is 0. The highest BCUT2D eigenvalue weighted by Crippen LogP contribution is 2.39. The van der Waals surface area contributed by atoms with Crippen LogP contribution in [0.3, 0.4) is 0 Å². The molecule has 2 unspecified atom stereocenters. The summed E-state index contributed by atoms with van der Waals surface area (Å²) < 4.78 is 11.2. The molecule has 0 bridgehead atoms. The van der Waals surface area contributed by atoms with E-state index < -0.39 is 11.6 Å². The van der Waals surface area contributed by atoms with Crippen LogP contribution in [0.25, 0.3) is 0 Å². The molecule has 2 fully saturated rings. The number of hydrogen-bond acceptors (Lipinski definition) is 5. The summed E-state index contributed by atoms with van der Waals surface area (Å²) in [4.78, 5) is 38.8. The van der Waals surface area contributed by atoms with Gasteiger partial charge in [0.2, 0.25) is 0 Å². The number of cyclic esters (lactones) is 1. The van der Waals surface area contributed by atoms with Gasteiger partial charge in [0.05, 0.1) is 13.2 Å². The third-order valence-corrected chi connectivity index (χ3v) is 6.36. The number of benzene rings is 1. The molecule has 0 saturated carbocycles. The average Bonchev–Trinajstić information content (AvgIpc) is 2.76. The first kappa shape index (κ1) is 22.5. The summed E-state index contributed by atoms with van der Waals surface area (Å²) in [5, 5.41) is 0. The van der Waals surface area contributed by atoms with Crippen molar-refractivity contribution < 1.29 is 23.9 Å². The van der Waals surface area contributed by atoms with Crippen molar-refractivity contribution in [1.29, 1.82) is 0 Å². The van der Waals surface area contributed by atoms with Crippen LogP contribution in [0.4, 0.5) is 0 Å². The molecule has 1 aromatic carbocycles. The van der Waals surface area contributed by atoms with E-state index in [9.17, 15) is 14.4 Å². The van der Waals surface area contributed by atoms with Crippen molar-refractivity contribution in [2.45, 2.75) is 64.4 Å². The van der Waals surface area contributed by atoms with Gasteiger partial charge in [0.1, 0.15) is 17.8 Å². The van der Waals surface area contributed by atoms with Gasteiger partial charge in [0, 0.05) is 25.1 Å². The van der Waals surface area contributed by atoms with Gasteiger partial charge in [-0.1, -0.05) is 32.4 Å². The monoisotopic (exact) mass is 415 g/mol. The molecule has 3 rings (SSSR count). The van der Waals surface area contributed by atoms with E-state index in [1.807, 2.05) is 29.2 Å². The fraction of sp³-hybridized carbons (Fsp3) is 0.625. The van der Waals surface area contributed by atoms with Gasteiger partial charge < -0.3 is 14.4 Å². The molecule has 2 saturated heterocycles. The largest absolute Gasteiger partial charge is 0.458 e. The highest BCUT2D eigenvalue weighted by Gasteiger charge is 2.45. The SMILES string of the molecule is CCCC(CC)C1(CCc2ccc(C(=O)N3CCOCC3)cc2)CC(=O)CC(=O)O1. The summed E-state index contributed by atoms with van der Waals surface area (Å²) >= 11 is 0. The second kappa shape index (κ2) is 10.2. The highest BCUT2D eigenvalue weighted by atomic mass is 16.6. The number of aryl methyl sites for hydroxylation is 1. The Bertz CT molecular complexity index is 735. The molecule has 1 amide bonds. The van der Waals surface area contributed by atoms with Gasteiger partial charge in [-0.3, -0.25) is 14.4 Å². The van der Waals surface area contributed by atoms with Crippen LogP contribution in [-0.4, -0.2) is 54.5 Å². The van der Waals surface area contributed by atoms with E-state index in [-0.39, 0.29) is 24.0 Å². The lowest BCUT2D eigenvalue weighted by atomic mass is 9.74. The van der Waals surface area contributed by atoms with Crippen LogP contribution in [0.1, 0.15) is 68.3 Å². The molecule has 0 aliphatic carbocycles. The number of amides is 1. The maximum Gasteiger partial charge on any atom is 0.313 e. The zero-order chi connectivity index (χ0) is 21.6. The van der Waals surface area contributed by atoms with E-state index in [1.165, 1.54) is 0 Å². The normalized spacial score (nSPS) is 23.2. The van der Waals surface area contributed by atoms with Crippen molar-refractivity contribution >= 4 is 17.7 Å². The summed E-state index contributed by atoms with van der Waals surface area (Å²) in [6, 6.07) is 7.66. The van der Waals surface area contributed by atoms with E-state index in [1.54, 1.807) is 0 Å². The molecule has 0 aromatic heterocycles. The Hall–Kier alpha value is -2.21. The second-order valence-electron chi connectivity index (χ2n) is 8.43. The molecule has 6 heteroatoms. The van der Waals surface area contributed by atoms with Gasteiger partial charge in [0.25, 0.3) is 5.91 Å². The standard InChI is InChI=1S/C24H33NO5/c1-3-5-20(4-2)24(17-21(26)16-22(27)30-24)11-10-18-6-8-19(9-7-18)23(28)25-12-14-29-15-13-25/h6-9,20H,3-5,10-17H2,1-2H3. The zero-order valence-corrected chi connectivity index (χ0v) is 18.2. The van der Waals surface area contributed by atoms with Gasteiger partial charge in [0.15, 0.2) is 0 Å². The minimum absolute atomic E-state index is 0.0211. The summed E-state index contributed by atoms with van der Waals surface area (Å²) in [6.07, 6.45) is 4.33. The Morgan fingerprint density at radius 3 is 2.43 bits per heavy atom. The van der Waals surface area contributed by atoms with Crippen molar-refractivity contribution in [3.05, 3.63) is 35.4 Å². The quantitative estimate of drug-likeness (QED) is 0.479. The highest BCUT2D eigenvalue weighted by molar-refractivity contribution is 5.98. The van der Waals surface area contributed by atoms with E-state index in [2.05, 4.69) is 13.8 Å². The smallest absolute Gasteiger partial charge is 0.313 e. The number of carbonyl (C=O) groups is 3. The molecule has 6 nitrogen and oxygen atoms in total. The molecular weight excluding hydrogens is 382 g/mol. The fourth-order valence-electron chi connectivity index (χ4n) is 4.73. The molecule has 164 valence electrons. The van der Waals surface area contributed by atoms with Crippen LogP contribution in [0.5, 0.6) is 0 Å². The molecule has 2 heterocycles. The van der Waals surface area contributed by atoms with Gasteiger partial charge in [-0.05, 0) is 49.3 Å². The van der Waals surface area contributed by atoms with Gasteiger partial charge in [-0.2, -0.15) is 0 Å². The van der Waals surface area contributed by atoms with Crippen molar-refractivity contribution in [3.63, 3.8) is 0 Å². The Balaban J connectivity index is 1.69. The molecule has 0 spiro atoms. The first-order chi connectivity index (χ1) is 14.5. The van der Waals surface area contributed by atoms with Gasteiger partial charge in [-0.25, -0.2) is 0 Å². The third-order valence-electron chi connectivity index (χ3n) is 6.36. The lowest BCUT2D eigenvalue weighted by Gasteiger charge is -2.42. The molecular formula is C24H33NO5. The molecule has 0 radical (unpaired) electrons. The molecule has 30 heavy (non-hydrogen) atoms. The molecule has 2 atom stereocenters. The maximum absolute atomic E-state index is 12.6. The average molecular weight is 416 g/mol. The number of ether oxygens (including phenoxy) is 2. The van der Waals surface area contributed by atoms with E-state index in [0.29, 0.717) is 51.1 Å². The minimum atomic E-state index is -0.709. The van der Waals surface area contributed by atoms with Crippen LogP contribution in [0.15, 0.2) is 24.3 Å². The van der Waals surface area contributed by atoms with E-state index in [0.717, 1.165) is 24.8 Å². The first-order valence-corrected chi connectivity index (χ1v) is 11.2. The fourth-order valence-corrected chi connectivity index (χ4v) is 4.73. The molecule has 2 aliphatic rings. The van der Waals surface area contributed by atoms with Crippen molar-refractivity contribution in [2.24, 2.45) is 5.92 Å². The number of ketones is 1. The van der Waals surface area contributed by atoms with Gasteiger partial charge >= 0.3 is 5.97 Å². The lowest BCUT2D eigenvalue weighted by molar-refractivity contribution is -0.179. The minimum Gasteiger partial charge on any atom is -0.458 e. The van der Waals surface area contributed by atoms with Gasteiger partial charge in [-0.15, -0.1) is 0 Å². The van der Waals surface area contributed by atoms with Crippen LogP contribution in [0, 0.1) is 5.92 Å². The summed E-state index contributed by atoms with van der Waals surface area (Å²) in [5.41, 5.74) is 1.04. The Morgan fingerprint density at radius 2 is 1.83 bits per heavy atom. The van der Waals surface area contributed by atoms with Crippen LogP contribution in [0.2, 0.25) is 0 Å². The topological polar surface area (TPSA) is 72.9 Å². The lowest BCUT2D eigenvalue weighted by Crippen LogP contribution is -2.48. The van der Waals surface area contributed by atoms with Crippen LogP contribution in [-0.2, 0) is 25.5 Å². The maximum atomic E-state index is 12.6. The summed E-state index contributed by atoms with van der Waals surface area (Å²) in [6.45, 7) is 6.63. The van der Waals surface area contributed by atoms with Crippen molar-refractivity contribution in [3.8, 4) is 0 Å². The van der Waals surface area contributed by atoms with Crippen molar-refractivity contribution in [2.75, 3.05) is 26.3 Å². The number of rotatable bonds is 8. The number of morpholine rings is 1. The van der Waals surface area contributed by atoms with Crippen LogP contribution >= 0.6 is 0 Å². The third kappa shape index (κ3) is 5.28. The number of Topliss-reactive ketones (excluding diaryl/α,β-unsaturated/α-hetero) is 1. The molecule has 1 aromatic rings. The first-order valence-electron chi connectivity index (χ1n) is 11.2. The number of carbonyl (C=O) groups excluding carboxylic acids is 3. The van der Waals surface area contributed by atoms with E-state index >= 15 is 0 Å². The zero-order valence-electron chi connectivity index (χ0n) is 18.2. The summed E-state index contributed by atoms with van der Waals surface area (Å²) in [5.74, 6) is -0.209. The number of nitrogens with zero attached hydrogens (tertiary/aromatic N) is 1. The predicted octanol–water partition coefficient (Wildman–Crippen LogP) is 3.56. The van der Waals surface area contributed by atoms with E-state index in [4.69, 9.17) is 9.47 Å². The number of esters is 1. The number of hydrogen-bond donors (Lipinski definition) is 0. The Kier molecular flexibility index (Phi) is 7.64. The Labute approximate surface area is 178 Å². The van der Waals surface area contributed by atoms with Crippen LogP contribution < -0.4 is 0 Å². The second-order valence-corrected chi connectivity index (χ2v) is 8.43. The predicted molar refractivity (Wildman–Crippen MR) is 113 cm³/mol. The van der Waals surface area contributed by atoms with Crippen molar-refractivity contribution in [1.82, 2.24) is 4.90 Å². The molecule has 0 N–H and O–H groups in total.